The lowest BCUT2D eigenvalue weighted by Gasteiger charge is -2.32. The van der Waals surface area contributed by atoms with Crippen LogP contribution in [0.15, 0.2) is 24.3 Å². The monoisotopic (exact) mass is 245 g/mol. The average Bonchev–Trinajstić information content (AvgIpc) is 2.47. The molecule has 2 atom stereocenters. The molecule has 1 fully saturated rings. The number of carbonyl (C=O) groups excluding carboxylic acids is 1. The summed E-state index contributed by atoms with van der Waals surface area (Å²) in [7, 11) is 0. The molecule has 0 unspecified atom stereocenters. The van der Waals surface area contributed by atoms with Crippen LogP contribution >= 0.6 is 0 Å². The maximum Gasteiger partial charge on any atom is 0.283 e. The number of ketones is 1. The summed E-state index contributed by atoms with van der Waals surface area (Å²) in [6.45, 7) is 0. The molecular formula is C14H15NO3. The van der Waals surface area contributed by atoms with Crippen molar-refractivity contribution in [1.82, 2.24) is 0 Å². The fourth-order valence-corrected chi connectivity index (χ4v) is 3.41. The molecule has 4 nitrogen and oxygen atoms in total. The SMILES string of the molecule is O=C1[C@H]2CCCC[C@]1([N+](=O)[O-])Cc1ccccc12. The second-order valence-corrected chi connectivity index (χ2v) is 5.33. The number of Topliss-reactive ketones (excluding diaryl/α,β-unsaturated/α-hetero) is 1. The number of hydrogen-bond acceptors (Lipinski definition) is 3. The number of hydrogen-bond donors (Lipinski definition) is 0. The molecule has 1 aromatic rings. The first-order valence-corrected chi connectivity index (χ1v) is 6.42. The van der Waals surface area contributed by atoms with E-state index < -0.39 is 5.54 Å². The summed E-state index contributed by atoms with van der Waals surface area (Å²) in [4.78, 5) is 23.6. The Morgan fingerprint density at radius 2 is 2.06 bits per heavy atom. The van der Waals surface area contributed by atoms with E-state index in [1.807, 2.05) is 24.3 Å². The van der Waals surface area contributed by atoms with Gasteiger partial charge in [-0.1, -0.05) is 30.7 Å². The van der Waals surface area contributed by atoms with Gasteiger partial charge in [0.1, 0.15) is 0 Å². The summed E-state index contributed by atoms with van der Waals surface area (Å²) in [5.74, 6) is -0.424. The summed E-state index contributed by atoms with van der Waals surface area (Å²) in [6.07, 6.45) is 3.10. The van der Waals surface area contributed by atoms with Gasteiger partial charge in [-0.05, 0) is 24.0 Å². The molecule has 1 aromatic carbocycles. The smallest absolute Gasteiger partial charge is 0.283 e. The Labute approximate surface area is 105 Å². The molecule has 4 heteroatoms. The molecule has 2 aliphatic rings. The van der Waals surface area contributed by atoms with Gasteiger partial charge in [0, 0.05) is 11.3 Å². The molecule has 3 rings (SSSR count). The molecule has 0 amide bonds. The van der Waals surface area contributed by atoms with Crippen molar-refractivity contribution in [2.75, 3.05) is 0 Å². The Balaban J connectivity index is 2.19. The van der Waals surface area contributed by atoms with Crippen molar-refractivity contribution < 1.29 is 9.72 Å². The largest absolute Gasteiger partial charge is 0.291 e. The van der Waals surface area contributed by atoms with E-state index in [9.17, 15) is 14.9 Å². The van der Waals surface area contributed by atoms with Crippen LogP contribution in [0.2, 0.25) is 0 Å². The van der Waals surface area contributed by atoms with E-state index in [1.165, 1.54) is 0 Å². The van der Waals surface area contributed by atoms with Gasteiger partial charge >= 0.3 is 0 Å². The molecule has 94 valence electrons. The Bertz CT molecular complexity index is 526. The van der Waals surface area contributed by atoms with E-state index in [4.69, 9.17) is 0 Å². The van der Waals surface area contributed by atoms with E-state index in [0.29, 0.717) is 6.42 Å². The van der Waals surface area contributed by atoms with Gasteiger partial charge in [-0.25, -0.2) is 0 Å². The number of carbonyl (C=O) groups is 1. The Kier molecular flexibility index (Phi) is 2.47. The molecule has 0 heterocycles. The van der Waals surface area contributed by atoms with Crippen LogP contribution in [0.25, 0.3) is 0 Å². The molecule has 18 heavy (non-hydrogen) atoms. The van der Waals surface area contributed by atoms with Gasteiger partial charge in [0.15, 0.2) is 0 Å². The van der Waals surface area contributed by atoms with Gasteiger partial charge in [0.25, 0.3) is 5.54 Å². The first-order chi connectivity index (χ1) is 8.65. The molecule has 2 bridgehead atoms. The zero-order valence-corrected chi connectivity index (χ0v) is 10.1. The average molecular weight is 245 g/mol. The minimum absolute atomic E-state index is 0.163. The lowest BCUT2D eigenvalue weighted by molar-refractivity contribution is -0.553. The normalized spacial score (nSPS) is 30.4. The number of fused-ring (bicyclic) bond motifs is 4. The van der Waals surface area contributed by atoms with E-state index in [1.54, 1.807) is 0 Å². The van der Waals surface area contributed by atoms with Crippen LogP contribution < -0.4 is 0 Å². The van der Waals surface area contributed by atoms with Crippen molar-refractivity contribution in [3.8, 4) is 0 Å². The molecule has 0 radical (unpaired) electrons. The Morgan fingerprint density at radius 1 is 1.28 bits per heavy atom. The standard InChI is InChI=1S/C14H15NO3/c16-13-12-7-3-4-8-14(13,15(17)18)9-10-5-1-2-6-11(10)12/h1-2,5-6,12H,3-4,7-9H2/t12-,14-/m0/s1. The molecule has 0 saturated heterocycles. The van der Waals surface area contributed by atoms with Crippen LogP contribution in [0.1, 0.15) is 42.7 Å². The number of benzene rings is 1. The lowest BCUT2D eigenvalue weighted by atomic mass is 9.70. The first-order valence-electron chi connectivity index (χ1n) is 6.42. The van der Waals surface area contributed by atoms with Gasteiger partial charge in [-0.2, -0.15) is 0 Å². The molecule has 0 aliphatic heterocycles. The fraction of sp³-hybridized carbons (Fsp3) is 0.500. The lowest BCUT2D eigenvalue weighted by Crippen LogP contribution is -2.52. The van der Waals surface area contributed by atoms with Gasteiger partial charge in [-0.15, -0.1) is 0 Å². The Morgan fingerprint density at radius 3 is 2.83 bits per heavy atom. The third-order valence-electron chi connectivity index (χ3n) is 4.37. The minimum atomic E-state index is -1.35. The summed E-state index contributed by atoms with van der Waals surface area (Å²) >= 11 is 0. The van der Waals surface area contributed by atoms with Gasteiger partial charge in [-0.3, -0.25) is 14.9 Å². The van der Waals surface area contributed by atoms with Crippen LogP contribution in [0, 0.1) is 10.1 Å². The zero-order chi connectivity index (χ0) is 12.8. The predicted molar refractivity (Wildman–Crippen MR) is 66.1 cm³/mol. The van der Waals surface area contributed by atoms with Crippen LogP contribution in [0.5, 0.6) is 0 Å². The molecule has 0 spiro atoms. The zero-order valence-electron chi connectivity index (χ0n) is 10.1. The van der Waals surface area contributed by atoms with Crippen molar-refractivity contribution in [3.05, 3.63) is 45.5 Å². The summed E-state index contributed by atoms with van der Waals surface area (Å²) in [5.41, 5.74) is 0.651. The number of nitro groups is 1. The van der Waals surface area contributed by atoms with Crippen molar-refractivity contribution in [3.63, 3.8) is 0 Å². The summed E-state index contributed by atoms with van der Waals surface area (Å²) in [6, 6.07) is 7.69. The van der Waals surface area contributed by atoms with Crippen LogP contribution in [-0.2, 0) is 11.2 Å². The summed E-state index contributed by atoms with van der Waals surface area (Å²) in [5, 5.41) is 11.4. The highest BCUT2D eigenvalue weighted by Crippen LogP contribution is 2.43. The molecular weight excluding hydrogens is 230 g/mol. The van der Waals surface area contributed by atoms with Crippen LogP contribution in [-0.4, -0.2) is 16.2 Å². The van der Waals surface area contributed by atoms with Crippen molar-refractivity contribution >= 4 is 5.78 Å². The minimum Gasteiger partial charge on any atom is -0.291 e. The highest BCUT2D eigenvalue weighted by atomic mass is 16.6. The number of nitrogens with zero attached hydrogens (tertiary/aromatic N) is 1. The topological polar surface area (TPSA) is 60.2 Å². The second kappa shape index (κ2) is 3.90. The highest BCUT2D eigenvalue weighted by Gasteiger charge is 2.57. The fourth-order valence-electron chi connectivity index (χ4n) is 3.41. The maximum atomic E-state index is 12.5. The molecule has 2 aliphatic carbocycles. The van der Waals surface area contributed by atoms with Crippen molar-refractivity contribution in [2.45, 2.75) is 43.6 Å². The number of rotatable bonds is 1. The third-order valence-corrected chi connectivity index (χ3v) is 4.37. The maximum absolute atomic E-state index is 12.5. The summed E-state index contributed by atoms with van der Waals surface area (Å²) < 4.78 is 0. The van der Waals surface area contributed by atoms with Gasteiger partial charge in [0.2, 0.25) is 5.78 Å². The van der Waals surface area contributed by atoms with E-state index >= 15 is 0 Å². The highest BCUT2D eigenvalue weighted by molar-refractivity contribution is 5.95. The van der Waals surface area contributed by atoms with E-state index in [0.717, 1.165) is 30.4 Å². The predicted octanol–water partition coefficient (Wildman–Crippen LogP) is 2.48. The molecule has 1 saturated carbocycles. The second-order valence-electron chi connectivity index (χ2n) is 5.33. The van der Waals surface area contributed by atoms with E-state index in [-0.39, 0.29) is 23.0 Å². The van der Waals surface area contributed by atoms with Crippen LogP contribution in [0.3, 0.4) is 0 Å². The Hall–Kier alpha value is -1.71. The third kappa shape index (κ3) is 1.41. The van der Waals surface area contributed by atoms with Gasteiger partial charge in [0.05, 0.1) is 12.3 Å². The first kappa shape index (κ1) is 11.4. The van der Waals surface area contributed by atoms with E-state index in [2.05, 4.69) is 0 Å². The van der Waals surface area contributed by atoms with Crippen molar-refractivity contribution in [2.24, 2.45) is 0 Å². The molecule has 0 N–H and O–H groups in total. The quantitative estimate of drug-likeness (QED) is 0.564. The van der Waals surface area contributed by atoms with Crippen LogP contribution in [0.4, 0.5) is 0 Å². The molecule has 0 aromatic heterocycles. The van der Waals surface area contributed by atoms with Crippen molar-refractivity contribution in [1.29, 1.82) is 0 Å². The van der Waals surface area contributed by atoms with Gasteiger partial charge < -0.3 is 0 Å².